The molecule has 0 aliphatic rings. The Labute approximate surface area is 75.4 Å². The Hall–Kier alpha value is -0.420. The minimum atomic E-state index is -2.91. The van der Waals surface area contributed by atoms with E-state index < -0.39 is 17.9 Å². The van der Waals surface area contributed by atoms with Gasteiger partial charge in [0.2, 0.25) is 0 Å². The van der Waals surface area contributed by atoms with Gasteiger partial charge in [-0.25, -0.2) is 18.2 Å². The van der Waals surface area contributed by atoms with Crippen LogP contribution in [0.1, 0.15) is 12.1 Å². The molecule has 0 atom stereocenters. The maximum absolute atomic E-state index is 12.6. The molecule has 1 aromatic heterocycles. The molecule has 12 heavy (non-hydrogen) atoms. The quantitative estimate of drug-likeness (QED) is 0.747. The highest BCUT2D eigenvalue weighted by molar-refractivity contribution is 8.21. The lowest BCUT2D eigenvalue weighted by molar-refractivity contribution is 0.139. The van der Waals surface area contributed by atoms with Gasteiger partial charge in [-0.2, -0.15) is 0 Å². The highest BCUT2D eigenvalue weighted by Crippen LogP contribution is 2.25. The molecule has 1 heterocycles. The molecule has 0 aliphatic carbocycles. The first-order valence-corrected chi connectivity index (χ1v) is 4.52. The summed E-state index contributed by atoms with van der Waals surface area (Å²) in [6, 6.07) is 2.15. The molecule has 0 aromatic carbocycles. The summed E-state index contributed by atoms with van der Waals surface area (Å²) in [4.78, 5) is 3.30. The van der Waals surface area contributed by atoms with Gasteiger partial charge in [-0.05, 0) is 22.8 Å². The molecule has 0 spiro atoms. The van der Waals surface area contributed by atoms with Crippen LogP contribution in [0.5, 0.6) is 0 Å². The second-order valence-corrected chi connectivity index (χ2v) is 2.93. The normalized spacial score (nSPS) is 10.8. The highest BCUT2D eigenvalue weighted by Gasteiger charge is 2.15. The number of pyridine rings is 1. The van der Waals surface area contributed by atoms with Gasteiger partial charge in [0.15, 0.2) is 5.82 Å². The van der Waals surface area contributed by atoms with Crippen molar-refractivity contribution in [2.45, 2.75) is 11.5 Å². The maximum Gasteiger partial charge on any atom is 0.283 e. The van der Waals surface area contributed by atoms with E-state index in [0.717, 1.165) is 6.07 Å². The van der Waals surface area contributed by atoms with Gasteiger partial charge in [0, 0.05) is 11.0 Å². The average Bonchev–Trinajstić information content (AvgIpc) is 2.05. The number of alkyl halides is 2. The molecule has 6 heteroatoms. The molecule has 0 amide bonds. The second-order valence-electron chi connectivity index (χ2n) is 1.89. The number of rotatable bonds is 2. The number of nitrogens with zero attached hydrogens (tertiary/aromatic N) is 1. The van der Waals surface area contributed by atoms with Crippen LogP contribution in [0.2, 0.25) is 0 Å². The van der Waals surface area contributed by atoms with Crippen molar-refractivity contribution in [3.05, 3.63) is 23.6 Å². The fourth-order valence-corrected chi connectivity index (χ4v) is 1.15. The van der Waals surface area contributed by atoms with Gasteiger partial charge in [-0.1, -0.05) is 0 Å². The van der Waals surface area contributed by atoms with E-state index in [1.165, 1.54) is 6.07 Å². The predicted octanol–water partition coefficient (Wildman–Crippen LogP) is 3.40. The van der Waals surface area contributed by atoms with Crippen molar-refractivity contribution in [1.29, 1.82) is 0 Å². The van der Waals surface area contributed by atoms with Gasteiger partial charge >= 0.3 is 0 Å². The van der Waals surface area contributed by atoms with E-state index in [1.54, 1.807) is 0 Å². The Morgan fingerprint density at radius 3 is 2.58 bits per heavy atom. The third-order valence-corrected chi connectivity index (χ3v) is 1.99. The Bertz CT molecular complexity index is 281. The third-order valence-electron chi connectivity index (χ3n) is 1.13. The summed E-state index contributed by atoms with van der Waals surface area (Å²) in [5.74, 6) is -1.01. The Morgan fingerprint density at radius 2 is 2.08 bits per heavy atom. The monoisotopic (exact) mass is 213 g/mol. The topological polar surface area (TPSA) is 12.9 Å². The summed E-state index contributed by atoms with van der Waals surface area (Å²) in [7, 11) is 5.91. The SMILES string of the molecule is Fc1ccc(SCl)nc1C(F)F. The van der Waals surface area contributed by atoms with Crippen molar-refractivity contribution in [3.8, 4) is 0 Å². The molecule has 0 aliphatic heterocycles. The van der Waals surface area contributed by atoms with Crippen LogP contribution in [0.4, 0.5) is 13.2 Å². The molecule has 0 saturated carbocycles. The Kier molecular flexibility index (Phi) is 3.22. The smallest absolute Gasteiger partial charge is 0.236 e. The molecule has 0 radical (unpaired) electrons. The Balaban J connectivity index is 3.08. The molecular weight excluding hydrogens is 211 g/mol. The van der Waals surface area contributed by atoms with Crippen LogP contribution < -0.4 is 0 Å². The summed E-state index contributed by atoms with van der Waals surface area (Å²) < 4.78 is 36.5. The maximum atomic E-state index is 12.6. The lowest BCUT2D eigenvalue weighted by Crippen LogP contribution is -1.95. The lowest BCUT2D eigenvalue weighted by atomic mass is 10.3. The fraction of sp³-hybridized carbons (Fsp3) is 0.167. The van der Waals surface area contributed by atoms with Crippen molar-refractivity contribution in [3.63, 3.8) is 0 Å². The summed E-state index contributed by atoms with van der Waals surface area (Å²) >= 11 is 0. The zero-order valence-electron chi connectivity index (χ0n) is 5.60. The predicted molar refractivity (Wildman–Crippen MR) is 40.9 cm³/mol. The molecule has 0 N–H and O–H groups in total. The van der Waals surface area contributed by atoms with Crippen LogP contribution in [-0.4, -0.2) is 4.98 Å². The minimum Gasteiger partial charge on any atom is -0.236 e. The van der Waals surface area contributed by atoms with E-state index in [1.807, 2.05) is 0 Å². The Morgan fingerprint density at radius 1 is 1.42 bits per heavy atom. The second kappa shape index (κ2) is 4.00. The molecule has 1 nitrogen and oxygen atoms in total. The van der Waals surface area contributed by atoms with E-state index in [9.17, 15) is 13.2 Å². The van der Waals surface area contributed by atoms with Gasteiger partial charge in [0.1, 0.15) is 10.7 Å². The molecule has 1 rings (SSSR count). The largest absolute Gasteiger partial charge is 0.283 e. The van der Waals surface area contributed by atoms with E-state index in [0.29, 0.717) is 11.0 Å². The first-order valence-electron chi connectivity index (χ1n) is 2.88. The van der Waals surface area contributed by atoms with Crippen molar-refractivity contribution in [2.24, 2.45) is 0 Å². The van der Waals surface area contributed by atoms with Gasteiger partial charge in [0.25, 0.3) is 6.43 Å². The van der Waals surface area contributed by atoms with E-state index >= 15 is 0 Å². The molecule has 66 valence electrons. The molecule has 1 aromatic rings. The molecular formula is C6H3ClF3NS. The molecule has 0 bridgehead atoms. The molecule has 0 fully saturated rings. The van der Waals surface area contributed by atoms with Crippen molar-refractivity contribution in [2.75, 3.05) is 0 Å². The number of aromatic nitrogens is 1. The van der Waals surface area contributed by atoms with Crippen molar-refractivity contribution in [1.82, 2.24) is 4.98 Å². The zero-order chi connectivity index (χ0) is 9.14. The highest BCUT2D eigenvalue weighted by atomic mass is 35.7. The summed E-state index contributed by atoms with van der Waals surface area (Å²) in [5.41, 5.74) is -0.861. The summed E-state index contributed by atoms with van der Waals surface area (Å²) in [6.45, 7) is 0. The summed E-state index contributed by atoms with van der Waals surface area (Å²) in [6.07, 6.45) is -2.91. The van der Waals surface area contributed by atoms with Crippen molar-refractivity contribution >= 4 is 21.7 Å². The van der Waals surface area contributed by atoms with Crippen LogP contribution in [0.15, 0.2) is 17.2 Å². The van der Waals surface area contributed by atoms with Gasteiger partial charge in [-0.15, -0.1) is 0 Å². The molecule has 0 saturated heterocycles. The first-order chi connectivity index (χ1) is 5.65. The van der Waals surface area contributed by atoms with E-state index in [2.05, 4.69) is 4.98 Å². The van der Waals surface area contributed by atoms with Crippen LogP contribution in [0, 0.1) is 5.82 Å². The first kappa shape index (κ1) is 9.67. The van der Waals surface area contributed by atoms with Crippen LogP contribution >= 0.6 is 21.7 Å². The minimum absolute atomic E-state index is 0.161. The number of hydrogen-bond acceptors (Lipinski definition) is 2. The summed E-state index contributed by atoms with van der Waals surface area (Å²) in [5, 5.41) is 0.161. The van der Waals surface area contributed by atoms with Crippen LogP contribution in [-0.2, 0) is 0 Å². The lowest BCUT2D eigenvalue weighted by Gasteiger charge is -2.01. The van der Waals surface area contributed by atoms with E-state index in [4.69, 9.17) is 10.7 Å². The standard InChI is InChI=1S/C6H3ClF3NS/c7-12-4-2-1-3(8)5(11-4)6(9)10/h1-2,6H. The number of halogens is 4. The number of hydrogen-bond donors (Lipinski definition) is 0. The fourth-order valence-electron chi connectivity index (χ4n) is 0.635. The van der Waals surface area contributed by atoms with Crippen LogP contribution in [0.3, 0.4) is 0 Å². The van der Waals surface area contributed by atoms with Gasteiger partial charge in [0.05, 0.1) is 0 Å². The van der Waals surface area contributed by atoms with Crippen molar-refractivity contribution < 1.29 is 13.2 Å². The van der Waals surface area contributed by atoms with Gasteiger partial charge < -0.3 is 0 Å². The third kappa shape index (κ3) is 2.04. The average molecular weight is 214 g/mol. The zero-order valence-corrected chi connectivity index (χ0v) is 7.17. The molecule has 0 unspecified atom stereocenters. The van der Waals surface area contributed by atoms with Gasteiger partial charge in [-0.3, -0.25) is 0 Å². The van der Waals surface area contributed by atoms with E-state index in [-0.39, 0.29) is 5.03 Å². The van der Waals surface area contributed by atoms with Crippen LogP contribution in [0.25, 0.3) is 0 Å².